The number of nitrogens with one attached hydrogen (secondary N) is 1. The van der Waals surface area contributed by atoms with Gasteiger partial charge in [0.2, 0.25) is 11.8 Å². The fourth-order valence-corrected chi connectivity index (χ4v) is 3.09. The Morgan fingerprint density at radius 1 is 1.16 bits per heavy atom. The predicted molar refractivity (Wildman–Crippen MR) is 95.9 cm³/mol. The summed E-state index contributed by atoms with van der Waals surface area (Å²) in [6.45, 7) is 3.88. The van der Waals surface area contributed by atoms with Gasteiger partial charge in [-0.1, -0.05) is 6.07 Å². The summed E-state index contributed by atoms with van der Waals surface area (Å²) in [5.41, 5.74) is 1.04. The lowest BCUT2D eigenvalue weighted by Gasteiger charge is -2.31. The van der Waals surface area contributed by atoms with Gasteiger partial charge < -0.3 is 19.7 Å². The van der Waals surface area contributed by atoms with Crippen molar-refractivity contribution < 1.29 is 19.1 Å². The highest BCUT2D eigenvalue weighted by atomic mass is 16.5. The third kappa shape index (κ3) is 5.66. The molecule has 2 amide bonds. The maximum Gasteiger partial charge on any atom is 0.220 e. The second-order valence-corrected chi connectivity index (χ2v) is 6.44. The first-order chi connectivity index (χ1) is 12.0. The van der Waals surface area contributed by atoms with E-state index in [4.69, 9.17) is 9.47 Å². The number of aryl methyl sites for hydroxylation is 1. The van der Waals surface area contributed by atoms with Gasteiger partial charge >= 0.3 is 0 Å². The molecule has 0 saturated carbocycles. The van der Waals surface area contributed by atoms with Crippen LogP contribution in [0.2, 0.25) is 0 Å². The van der Waals surface area contributed by atoms with E-state index in [-0.39, 0.29) is 11.8 Å². The summed E-state index contributed by atoms with van der Waals surface area (Å²) in [7, 11) is 3.21. The van der Waals surface area contributed by atoms with E-state index in [9.17, 15) is 9.59 Å². The number of methoxy groups -OCH3 is 2. The average Bonchev–Trinajstić information content (AvgIpc) is 2.64. The van der Waals surface area contributed by atoms with Gasteiger partial charge in [0.15, 0.2) is 11.5 Å². The number of piperidine rings is 1. The first kappa shape index (κ1) is 19.1. The van der Waals surface area contributed by atoms with E-state index in [0.717, 1.165) is 31.5 Å². The van der Waals surface area contributed by atoms with Crippen LogP contribution in [0.5, 0.6) is 11.5 Å². The van der Waals surface area contributed by atoms with E-state index in [2.05, 4.69) is 5.32 Å². The van der Waals surface area contributed by atoms with E-state index in [1.807, 2.05) is 23.1 Å². The smallest absolute Gasteiger partial charge is 0.220 e. The van der Waals surface area contributed by atoms with E-state index in [1.165, 1.54) is 0 Å². The maximum absolute atomic E-state index is 12.1. The van der Waals surface area contributed by atoms with Gasteiger partial charge in [-0.3, -0.25) is 9.59 Å². The summed E-state index contributed by atoms with van der Waals surface area (Å²) in [5, 5.41) is 3.02. The first-order valence-electron chi connectivity index (χ1n) is 8.76. The molecular formula is C19H28N2O4. The number of hydrogen-bond donors (Lipinski definition) is 1. The summed E-state index contributed by atoms with van der Waals surface area (Å²) in [4.78, 5) is 25.3. The first-order valence-corrected chi connectivity index (χ1v) is 8.76. The number of carbonyl (C=O) groups excluding carboxylic acids is 2. The Balaban J connectivity index is 1.72. The van der Waals surface area contributed by atoms with Gasteiger partial charge in [0.1, 0.15) is 0 Å². The number of rotatable bonds is 7. The molecule has 6 nitrogen and oxygen atoms in total. The molecule has 0 radical (unpaired) electrons. The topological polar surface area (TPSA) is 67.9 Å². The molecule has 1 aromatic carbocycles. The Labute approximate surface area is 149 Å². The van der Waals surface area contributed by atoms with Crippen LogP contribution in [0.15, 0.2) is 18.2 Å². The zero-order valence-electron chi connectivity index (χ0n) is 15.3. The molecule has 1 aromatic rings. The summed E-state index contributed by atoms with van der Waals surface area (Å²) >= 11 is 0. The molecular weight excluding hydrogens is 320 g/mol. The number of ether oxygens (including phenoxy) is 2. The number of amides is 2. The molecule has 0 atom stereocenters. The zero-order chi connectivity index (χ0) is 18.2. The average molecular weight is 348 g/mol. The largest absolute Gasteiger partial charge is 0.493 e. The van der Waals surface area contributed by atoms with Crippen molar-refractivity contribution in [2.24, 2.45) is 5.92 Å². The SMILES string of the molecule is COc1ccc(CCC(=O)NCC2CCN(C(C)=O)CC2)cc1OC. The Morgan fingerprint density at radius 3 is 2.44 bits per heavy atom. The van der Waals surface area contributed by atoms with Crippen molar-refractivity contribution in [3.05, 3.63) is 23.8 Å². The van der Waals surface area contributed by atoms with Gasteiger partial charge in [0.25, 0.3) is 0 Å². The quantitative estimate of drug-likeness (QED) is 0.818. The van der Waals surface area contributed by atoms with Crippen molar-refractivity contribution in [2.45, 2.75) is 32.6 Å². The minimum absolute atomic E-state index is 0.0591. The number of carbonyl (C=O) groups is 2. The predicted octanol–water partition coefficient (Wildman–Crippen LogP) is 2.01. The molecule has 2 rings (SSSR count). The fraction of sp³-hybridized carbons (Fsp3) is 0.579. The molecule has 0 aliphatic carbocycles. The van der Waals surface area contributed by atoms with Crippen LogP contribution in [0.1, 0.15) is 31.7 Å². The number of likely N-dealkylation sites (tertiary alicyclic amines) is 1. The van der Waals surface area contributed by atoms with Crippen LogP contribution in [0.4, 0.5) is 0 Å². The van der Waals surface area contributed by atoms with E-state index >= 15 is 0 Å². The molecule has 0 unspecified atom stereocenters. The minimum Gasteiger partial charge on any atom is -0.493 e. The summed E-state index contributed by atoms with van der Waals surface area (Å²) in [5.74, 6) is 2.02. The summed E-state index contributed by atoms with van der Waals surface area (Å²) in [6, 6.07) is 5.71. The highest BCUT2D eigenvalue weighted by Crippen LogP contribution is 2.27. The van der Waals surface area contributed by atoms with Crippen LogP contribution < -0.4 is 14.8 Å². The highest BCUT2D eigenvalue weighted by molar-refractivity contribution is 5.76. The standard InChI is InChI=1S/C19H28N2O4/c1-14(22)21-10-8-16(9-11-21)13-20-19(23)7-5-15-4-6-17(24-2)18(12-15)25-3/h4,6,12,16H,5,7-11,13H2,1-3H3,(H,20,23). The molecule has 1 saturated heterocycles. The van der Waals surface area contributed by atoms with Crippen LogP contribution in [0.3, 0.4) is 0 Å². The lowest BCUT2D eigenvalue weighted by molar-refractivity contribution is -0.130. The highest BCUT2D eigenvalue weighted by Gasteiger charge is 2.20. The molecule has 1 heterocycles. The lowest BCUT2D eigenvalue weighted by Crippen LogP contribution is -2.40. The molecule has 0 spiro atoms. The monoisotopic (exact) mass is 348 g/mol. The van der Waals surface area contributed by atoms with Crippen molar-refractivity contribution in [1.29, 1.82) is 0 Å². The van der Waals surface area contributed by atoms with E-state index < -0.39 is 0 Å². The molecule has 1 N–H and O–H groups in total. The molecule has 1 aliphatic rings. The van der Waals surface area contributed by atoms with Gasteiger partial charge in [0.05, 0.1) is 14.2 Å². The van der Waals surface area contributed by atoms with Crippen molar-refractivity contribution in [3.63, 3.8) is 0 Å². The van der Waals surface area contributed by atoms with Crippen LogP contribution in [-0.4, -0.2) is 50.6 Å². The number of nitrogens with zero attached hydrogens (tertiary/aromatic N) is 1. The molecule has 1 aliphatic heterocycles. The Bertz CT molecular complexity index is 595. The van der Waals surface area contributed by atoms with E-state index in [1.54, 1.807) is 21.1 Å². The third-order valence-corrected chi connectivity index (χ3v) is 4.74. The van der Waals surface area contributed by atoms with Crippen LogP contribution in [0.25, 0.3) is 0 Å². The second-order valence-electron chi connectivity index (χ2n) is 6.44. The van der Waals surface area contributed by atoms with Gasteiger partial charge in [-0.25, -0.2) is 0 Å². The Kier molecular flexibility index (Phi) is 7.10. The van der Waals surface area contributed by atoms with Crippen molar-refractivity contribution >= 4 is 11.8 Å². The maximum atomic E-state index is 12.1. The number of hydrogen-bond acceptors (Lipinski definition) is 4. The van der Waals surface area contributed by atoms with Crippen LogP contribution >= 0.6 is 0 Å². The zero-order valence-corrected chi connectivity index (χ0v) is 15.3. The second kappa shape index (κ2) is 9.30. The Morgan fingerprint density at radius 2 is 1.84 bits per heavy atom. The summed E-state index contributed by atoms with van der Waals surface area (Å²) < 4.78 is 10.5. The van der Waals surface area contributed by atoms with Gasteiger partial charge in [-0.2, -0.15) is 0 Å². The number of benzene rings is 1. The Hall–Kier alpha value is -2.24. The van der Waals surface area contributed by atoms with Crippen molar-refractivity contribution in [3.8, 4) is 11.5 Å². The minimum atomic E-state index is 0.0591. The molecule has 6 heteroatoms. The summed E-state index contributed by atoms with van der Waals surface area (Å²) in [6.07, 6.45) is 3.02. The molecule has 0 bridgehead atoms. The van der Waals surface area contributed by atoms with Gasteiger partial charge in [-0.05, 0) is 42.9 Å². The van der Waals surface area contributed by atoms with Crippen molar-refractivity contribution in [2.75, 3.05) is 33.9 Å². The normalized spacial score (nSPS) is 14.9. The molecule has 0 aromatic heterocycles. The van der Waals surface area contributed by atoms with Gasteiger partial charge in [-0.15, -0.1) is 0 Å². The molecule has 25 heavy (non-hydrogen) atoms. The van der Waals surface area contributed by atoms with Crippen LogP contribution in [-0.2, 0) is 16.0 Å². The molecule has 138 valence electrons. The third-order valence-electron chi connectivity index (χ3n) is 4.74. The lowest BCUT2D eigenvalue weighted by atomic mass is 9.96. The van der Waals surface area contributed by atoms with Crippen LogP contribution in [0, 0.1) is 5.92 Å². The fourth-order valence-electron chi connectivity index (χ4n) is 3.09. The van der Waals surface area contributed by atoms with E-state index in [0.29, 0.717) is 36.8 Å². The van der Waals surface area contributed by atoms with Gasteiger partial charge in [0, 0.05) is 33.0 Å². The van der Waals surface area contributed by atoms with Crippen molar-refractivity contribution in [1.82, 2.24) is 10.2 Å². The molecule has 1 fully saturated rings.